The topological polar surface area (TPSA) is 64.6 Å². The predicted octanol–water partition coefficient (Wildman–Crippen LogP) is 4.11. The number of aromatic nitrogens is 2. The van der Waals surface area contributed by atoms with Crippen molar-refractivity contribution < 1.29 is 14.3 Å². The van der Waals surface area contributed by atoms with E-state index in [-0.39, 0.29) is 5.91 Å². The van der Waals surface area contributed by atoms with Gasteiger partial charge in [0, 0.05) is 29.4 Å². The van der Waals surface area contributed by atoms with Crippen molar-refractivity contribution in [2.75, 3.05) is 20.3 Å². The Morgan fingerprint density at radius 1 is 1.13 bits per heavy atom. The number of methoxy groups -OCH3 is 1. The van der Waals surface area contributed by atoms with E-state index < -0.39 is 0 Å². The molecule has 2 aromatic carbocycles. The second-order valence-electron chi connectivity index (χ2n) is 7.55. The molecule has 0 spiro atoms. The second-order valence-corrected chi connectivity index (χ2v) is 7.55. The lowest BCUT2D eigenvalue weighted by Gasteiger charge is -2.20. The van der Waals surface area contributed by atoms with Gasteiger partial charge in [0.15, 0.2) is 11.5 Å². The molecule has 1 aliphatic heterocycles. The summed E-state index contributed by atoms with van der Waals surface area (Å²) in [7, 11) is 1.62. The zero-order valence-corrected chi connectivity index (χ0v) is 17.7. The van der Waals surface area contributed by atoms with Crippen molar-refractivity contribution in [3.05, 3.63) is 70.7 Å². The molecule has 0 radical (unpaired) electrons. The maximum absolute atomic E-state index is 13.1. The maximum atomic E-state index is 13.1. The molecule has 0 bridgehead atoms. The van der Waals surface area contributed by atoms with Gasteiger partial charge >= 0.3 is 0 Å². The lowest BCUT2D eigenvalue weighted by molar-refractivity contribution is 0.0733. The van der Waals surface area contributed by atoms with Crippen LogP contribution in [0, 0.1) is 20.8 Å². The summed E-state index contributed by atoms with van der Waals surface area (Å²) in [6, 6.07) is 11.6. The van der Waals surface area contributed by atoms with Gasteiger partial charge in [-0.1, -0.05) is 17.7 Å². The molecule has 0 N–H and O–H groups in total. The molecule has 4 rings (SSSR count). The number of carbonyl (C=O) groups excluding carboxylic acids is 1. The molecule has 0 unspecified atom stereocenters. The minimum atomic E-state index is -0.0117. The van der Waals surface area contributed by atoms with Crippen LogP contribution in [0.3, 0.4) is 0 Å². The number of carbonyl (C=O) groups is 1. The van der Waals surface area contributed by atoms with Crippen molar-refractivity contribution in [1.82, 2.24) is 14.9 Å². The molecule has 0 aliphatic carbocycles. The minimum Gasteiger partial charge on any atom is -0.493 e. The van der Waals surface area contributed by atoms with Gasteiger partial charge in [-0.3, -0.25) is 9.78 Å². The molecule has 154 valence electrons. The van der Waals surface area contributed by atoms with Gasteiger partial charge in [0.2, 0.25) is 0 Å². The number of hydrogen-bond donors (Lipinski definition) is 0. The Kier molecular flexibility index (Phi) is 5.40. The van der Waals surface area contributed by atoms with Crippen molar-refractivity contribution >= 4 is 5.91 Å². The van der Waals surface area contributed by atoms with E-state index >= 15 is 0 Å². The van der Waals surface area contributed by atoms with E-state index in [4.69, 9.17) is 9.47 Å². The van der Waals surface area contributed by atoms with Gasteiger partial charge in [-0.05, 0) is 45.0 Å². The van der Waals surface area contributed by atoms with E-state index in [0.717, 1.165) is 33.8 Å². The van der Waals surface area contributed by atoms with Crippen molar-refractivity contribution in [1.29, 1.82) is 0 Å². The van der Waals surface area contributed by atoms with Gasteiger partial charge in [-0.25, -0.2) is 4.98 Å². The first-order chi connectivity index (χ1) is 14.5. The molecule has 3 aromatic rings. The van der Waals surface area contributed by atoms with Crippen molar-refractivity contribution in [3.8, 4) is 22.8 Å². The average molecular weight is 403 g/mol. The first kappa shape index (κ1) is 19.9. The highest BCUT2D eigenvalue weighted by Gasteiger charge is 2.24. The summed E-state index contributed by atoms with van der Waals surface area (Å²) < 4.78 is 11.6. The van der Waals surface area contributed by atoms with Crippen LogP contribution in [-0.4, -0.2) is 41.0 Å². The number of aryl methyl sites for hydroxylation is 3. The quantitative estimate of drug-likeness (QED) is 0.658. The molecule has 6 heteroatoms. The molecule has 6 nitrogen and oxygen atoms in total. The van der Waals surface area contributed by atoms with E-state index in [1.54, 1.807) is 13.3 Å². The Hall–Kier alpha value is -3.41. The summed E-state index contributed by atoms with van der Waals surface area (Å²) in [6.07, 6.45) is 1.75. The zero-order valence-electron chi connectivity index (χ0n) is 17.7. The van der Waals surface area contributed by atoms with E-state index in [9.17, 15) is 4.79 Å². The minimum absolute atomic E-state index is 0.0117. The van der Waals surface area contributed by atoms with Crippen LogP contribution in [0.4, 0.5) is 0 Å². The van der Waals surface area contributed by atoms with Gasteiger partial charge in [0.1, 0.15) is 6.61 Å². The summed E-state index contributed by atoms with van der Waals surface area (Å²) in [5.74, 6) is 1.30. The molecule has 1 amide bonds. The lowest BCUT2D eigenvalue weighted by Crippen LogP contribution is -2.32. The fourth-order valence-corrected chi connectivity index (χ4v) is 3.64. The van der Waals surface area contributed by atoms with Crippen LogP contribution >= 0.6 is 0 Å². The molecule has 1 aliphatic rings. The molecule has 0 saturated carbocycles. The number of fused-ring (bicyclic) bond motifs is 1. The molecule has 1 aromatic heterocycles. The number of ether oxygens (including phenoxy) is 2. The van der Waals surface area contributed by atoms with Crippen molar-refractivity contribution in [2.45, 2.75) is 27.3 Å². The number of rotatable bonds is 3. The van der Waals surface area contributed by atoms with Gasteiger partial charge in [-0.15, -0.1) is 0 Å². The molecular formula is C24H25N3O3. The van der Waals surface area contributed by atoms with E-state index in [0.29, 0.717) is 36.8 Å². The highest BCUT2D eigenvalue weighted by Crippen LogP contribution is 2.38. The van der Waals surface area contributed by atoms with E-state index in [2.05, 4.69) is 9.97 Å². The summed E-state index contributed by atoms with van der Waals surface area (Å²) in [4.78, 5) is 24.0. The Morgan fingerprint density at radius 3 is 2.63 bits per heavy atom. The van der Waals surface area contributed by atoms with Crippen molar-refractivity contribution in [3.63, 3.8) is 0 Å². The molecule has 0 saturated heterocycles. The molecule has 30 heavy (non-hydrogen) atoms. The average Bonchev–Trinajstić information content (AvgIpc) is 2.97. The van der Waals surface area contributed by atoms with Crippen LogP contribution in [0.15, 0.2) is 42.6 Å². The third-order valence-corrected chi connectivity index (χ3v) is 5.26. The smallest absolute Gasteiger partial charge is 0.254 e. The first-order valence-electron chi connectivity index (χ1n) is 9.96. The monoisotopic (exact) mass is 403 g/mol. The Balaban J connectivity index is 1.74. The fraction of sp³-hybridized carbons (Fsp3) is 0.292. The number of amides is 1. The highest BCUT2D eigenvalue weighted by molar-refractivity contribution is 5.94. The highest BCUT2D eigenvalue weighted by atomic mass is 16.5. The van der Waals surface area contributed by atoms with Crippen LogP contribution < -0.4 is 9.47 Å². The fourth-order valence-electron chi connectivity index (χ4n) is 3.64. The van der Waals surface area contributed by atoms with E-state index in [1.165, 1.54) is 0 Å². The Bertz CT molecular complexity index is 1090. The van der Waals surface area contributed by atoms with Gasteiger partial charge in [0.25, 0.3) is 5.91 Å². The standard InChI is InChI=1S/C24H25N3O3/c1-15-5-7-18(8-6-15)24(28)27-9-10-30-23-20(14-27)11-19(12-21(23)29-4)22-17(3)25-13-16(2)26-22/h5-8,11-13H,9-10,14H2,1-4H3. The van der Waals surface area contributed by atoms with Crippen molar-refractivity contribution in [2.24, 2.45) is 0 Å². The number of hydrogen-bond acceptors (Lipinski definition) is 5. The molecular weight excluding hydrogens is 378 g/mol. The van der Waals surface area contributed by atoms with Gasteiger partial charge in [0.05, 0.1) is 30.7 Å². The van der Waals surface area contributed by atoms with Gasteiger partial charge < -0.3 is 14.4 Å². The number of nitrogens with zero attached hydrogens (tertiary/aromatic N) is 3. The molecule has 0 fully saturated rings. The number of benzene rings is 2. The van der Waals surface area contributed by atoms with E-state index in [1.807, 2.05) is 62.1 Å². The van der Waals surface area contributed by atoms with Crippen LogP contribution in [0.1, 0.15) is 32.9 Å². The van der Waals surface area contributed by atoms with Crippen LogP contribution in [0.2, 0.25) is 0 Å². The summed E-state index contributed by atoms with van der Waals surface area (Å²) in [5, 5.41) is 0. The SMILES string of the molecule is COc1cc(-c2nc(C)cnc2C)cc2c1OCCN(C(=O)c1ccc(C)cc1)C2. The summed E-state index contributed by atoms with van der Waals surface area (Å²) in [5.41, 5.74) is 6.07. The van der Waals surface area contributed by atoms with Crippen LogP contribution in [0.25, 0.3) is 11.3 Å². The Labute approximate surface area is 176 Å². The Morgan fingerprint density at radius 2 is 1.90 bits per heavy atom. The summed E-state index contributed by atoms with van der Waals surface area (Å²) in [6.45, 7) is 7.21. The maximum Gasteiger partial charge on any atom is 0.254 e. The summed E-state index contributed by atoms with van der Waals surface area (Å²) >= 11 is 0. The largest absolute Gasteiger partial charge is 0.493 e. The molecule has 0 atom stereocenters. The third-order valence-electron chi connectivity index (χ3n) is 5.26. The first-order valence-corrected chi connectivity index (χ1v) is 9.96. The zero-order chi connectivity index (χ0) is 21.3. The third kappa shape index (κ3) is 3.85. The molecule has 2 heterocycles. The van der Waals surface area contributed by atoms with Gasteiger partial charge in [-0.2, -0.15) is 0 Å². The lowest BCUT2D eigenvalue weighted by atomic mass is 10.0. The normalized spacial score (nSPS) is 13.3. The van der Waals surface area contributed by atoms with Crippen LogP contribution in [-0.2, 0) is 6.54 Å². The van der Waals surface area contributed by atoms with Crippen LogP contribution in [0.5, 0.6) is 11.5 Å². The predicted molar refractivity (Wildman–Crippen MR) is 115 cm³/mol. The second kappa shape index (κ2) is 8.14.